The van der Waals surface area contributed by atoms with E-state index in [1.807, 2.05) is 0 Å². The summed E-state index contributed by atoms with van der Waals surface area (Å²) in [6.07, 6.45) is 0. The van der Waals surface area contributed by atoms with Gasteiger partial charge in [-0.3, -0.25) is 4.72 Å². The largest absolute Gasteiger partial charge is 0.516 e. The van der Waals surface area contributed by atoms with Gasteiger partial charge in [0.05, 0.1) is 6.61 Å². The van der Waals surface area contributed by atoms with Crippen molar-refractivity contribution in [3.8, 4) is 0 Å². The number of hydrogen-bond acceptors (Lipinski definition) is 3. The SMILES string of the molecule is Cc1cc(CO)cc(NS(=O)(=O)C(F)(F)F)c1. The number of hydrogen-bond donors (Lipinski definition) is 2. The molecular formula is C9H10F3NO3S. The first-order valence-corrected chi connectivity index (χ1v) is 5.94. The minimum Gasteiger partial charge on any atom is -0.392 e. The number of benzene rings is 1. The molecule has 0 aliphatic heterocycles. The van der Waals surface area contributed by atoms with Crippen LogP contribution in [0.5, 0.6) is 0 Å². The minimum absolute atomic E-state index is 0.230. The van der Waals surface area contributed by atoms with Gasteiger partial charge in [-0.1, -0.05) is 6.07 Å². The summed E-state index contributed by atoms with van der Waals surface area (Å²) < 4.78 is 59.4. The molecular weight excluding hydrogens is 259 g/mol. The molecule has 96 valence electrons. The summed E-state index contributed by atoms with van der Waals surface area (Å²) in [5.74, 6) is 0. The van der Waals surface area contributed by atoms with Crippen molar-refractivity contribution in [1.29, 1.82) is 0 Å². The highest BCUT2D eigenvalue weighted by atomic mass is 32.2. The number of halogens is 3. The van der Waals surface area contributed by atoms with E-state index in [9.17, 15) is 21.6 Å². The summed E-state index contributed by atoms with van der Waals surface area (Å²) >= 11 is 0. The number of aliphatic hydroxyl groups excluding tert-OH is 1. The standard InChI is InChI=1S/C9H10F3NO3S/c1-6-2-7(5-14)4-8(3-6)13-17(15,16)9(10,11)12/h2-4,13-14H,5H2,1H3. The van der Waals surface area contributed by atoms with Crippen molar-refractivity contribution in [3.05, 3.63) is 29.3 Å². The predicted octanol–water partition coefficient (Wildman–Crippen LogP) is 1.75. The van der Waals surface area contributed by atoms with Crippen LogP contribution >= 0.6 is 0 Å². The highest BCUT2D eigenvalue weighted by molar-refractivity contribution is 7.93. The number of aliphatic hydroxyl groups is 1. The van der Waals surface area contributed by atoms with Gasteiger partial charge in [-0.15, -0.1) is 0 Å². The van der Waals surface area contributed by atoms with E-state index in [2.05, 4.69) is 0 Å². The van der Waals surface area contributed by atoms with Gasteiger partial charge < -0.3 is 5.11 Å². The van der Waals surface area contributed by atoms with Crippen LogP contribution in [0.25, 0.3) is 0 Å². The van der Waals surface area contributed by atoms with Gasteiger partial charge in [-0.05, 0) is 30.2 Å². The fraction of sp³-hybridized carbons (Fsp3) is 0.333. The van der Waals surface area contributed by atoms with Gasteiger partial charge in [0.1, 0.15) is 0 Å². The maximum absolute atomic E-state index is 12.1. The summed E-state index contributed by atoms with van der Waals surface area (Å²) in [5, 5.41) is 8.85. The highest BCUT2D eigenvalue weighted by Gasteiger charge is 2.46. The van der Waals surface area contributed by atoms with Crippen LogP contribution in [0.15, 0.2) is 18.2 Å². The van der Waals surface area contributed by atoms with E-state index < -0.39 is 15.5 Å². The minimum atomic E-state index is -5.42. The zero-order valence-corrected chi connectivity index (χ0v) is 9.56. The number of rotatable bonds is 3. The zero-order valence-electron chi connectivity index (χ0n) is 8.75. The smallest absolute Gasteiger partial charge is 0.392 e. The van der Waals surface area contributed by atoms with E-state index in [0.29, 0.717) is 11.1 Å². The molecule has 0 radical (unpaired) electrons. The summed E-state index contributed by atoms with van der Waals surface area (Å²) in [4.78, 5) is 0. The average Bonchev–Trinajstić information content (AvgIpc) is 2.14. The van der Waals surface area contributed by atoms with Crippen LogP contribution in [-0.4, -0.2) is 19.0 Å². The molecule has 0 aromatic heterocycles. The molecule has 0 aliphatic rings. The third-order valence-corrected chi connectivity index (χ3v) is 2.99. The summed E-state index contributed by atoms with van der Waals surface area (Å²) in [7, 11) is -5.42. The van der Waals surface area contributed by atoms with Crippen LogP contribution < -0.4 is 4.72 Å². The molecule has 0 amide bonds. The first-order valence-electron chi connectivity index (χ1n) is 4.46. The Bertz CT molecular complexity index is 511. The van der Waals surface area contributed by atoms with Crippen molar-refractivity contribution in [1.82, 2.24) is 0 Å². The lowest BCUT2D eigenvalue weighted by molar-refractivity contribution is -0.0429. The first-order chi connectivity index (χ1) is 7.65. The van der Waals surface area contributed by atoms with Crippen molar-refractivity contribution in [2.75, 3.05) is 4.72 Å². The van der Waals surface area contributed by atoms with Crippen molar-refractivity contribution in [3.63, 3.8) is 0 Å². The number of alkyl halides is 3. The molecule has 8 heteroatoms. The Labute approximate surface area is 96.1 Å². The molecule has 0 aliphatic carbocycles. The lowest BCUT2D eigenvalue weighted by Gasteiger charge is -2.12. The Morgan fingerprint density at radius 2 is 1.88 bits per heavy atom. The Morgan fingerprint density at radius 1 is 1.29 bits per heavy atom. The zero-order chi connectivity index (χ0) is 13.3. The second kappa shape index (κ2) is 4.53. The fourth-order valence-corrected chi connectivity index (χ4v) is 1.77. The van der Waals surface area contributed by atoms with Gasteiger partial charge in [-0.25, -0.2) is 0 Å². The van der Waals surface area contributed by atoms with Gasteiger partial charge in [0.25, 0.3) is 0 Å². The van der Waals surface area contributed by atoms with E-state index >= 15 is 0 Å². The molecule has 0 saturated carbocycles. The molecule has 1 aromatic carbocycles. The predicted molar refractivity (Wildman–Crippen MR) is 55.7 cm³/mol. The first kappa shape index (κ1) is 13.8. The molecule has 17 heavy (non-hydrogen) atoms. The number of anilines is 1. The quantitative estimate of drug-likeness (QED) is 0.878. The second-order valence-corrected chi connectivity index (χ2v) is 5.09. The van der Waals surface area contributed by atoms with Crippen LogP contribution in [-0.2, 0) is 16.6 Å². The lowest BCUT2D eigenvalue weighted by atomic mass is 10.1. The van der Waals surface area contributed by atoms with E-state index in [1.165, 1.54) is 16.9 Å². The topological polar surface area (TPSA) is 66.4 Å². The fourth-order valence-electron chi connectivity index (χ4n) is 1.23. The molecule has 0 saturated heterocycles. The van der Waals surface area contributed by atoms with Crippen molar-refractivity contribution in [2.24, 2.45) is 0 Å². The molecule has 1 rings (SSSR count). The van der Waals surface area contributed by atoms with Gasteiger partial charge in [0.2, 0.25) is 0 Å². The monoisotopic (exact) mass is 269 g/mol. The molecule has 0 bridgehead atoms. The molecule has 4 nitrogen and oxygen atoms in total. The van der Waals surface area contributed by atoms with E-state index in [1.54, 1.807) is 6.92 Å². The maximum Gasteiger partial charge on any atom is 0.516 e. The highest BCUT2D eigenvalue weighted by Crippen LogP contribution is 2.26. The third-order valence-electron chi connectivity index (χ3n) is 1.88. The van der Waals surface area contributed by atoms with Crippen LogP contribution in [0.3, 0.4) is 0 Å². The van der Waals surface area contributed by atoms with Crippen molar-refractivity contribution < 1.29 is 26.7 Å². The summed E-state index contributed by atoms with van der Waals surface area (Å²) in [5.41, 5.74) is -4.73. The Hall–Kier alpha value is -1.28. The van der Waals surface area contributed by atoms with E-state index in [0.717, 1.165) is 6.07 Å². The summed E-state index contributed by atoms with van der Waals surface area (Å²) in [6.45, 7) is 1.19. The second-order valence-electron chi connectivity index (χ2n) is 3.42. The molecule has 0 spiro atoms. The van der Waals surface area contributed by atoms with E-state index in [4.69, 9.17) is 5.11 Å². The maximum atomic E-state index is 12.1. The van der Waals surface area contributed by atoms with Crippen LogP contribution in [0, 0.1) is 6.92 Å². The summed E-state index contributed by atoms with van der Waals surface area (Å²) in [6, 6.07) is 3.91. The van der Waals surface area contributed by atoms with Gasteiger partial charge >= 0.3 is 15.5 Å². The molecule has 0 unspecified atom stereocenters. The molecule has 0 heterocycles. The average molecular weight is 269 g/mol. The number of nitrogens with one attached hydrogen (secondary N) is 1. The number of sulfonamides is 1. The van der Waals surface area contributed by atoms with Crippen LogP contribution in [0.1, 0.15) is 11.1 Å². The van der Waals surface area contributed by atoms with Gasteiger partial charge in [-0.2, -0.15) is 21.6 Å². The Morgan fingerprint density at radius 3 is 2.35 bits per heavy atom. The van der Waals surface area contributed by atoms with Gasteiger partial charge in [0.15, 0.2) is 0 Å². The van der Waals surface area contributed by atoms with Gasteiger partial charge in [0, 0.05) is 5.69 Å². The third kappa shape index (κ3) is 3.34. The Balaban J connectivity index is 3.08. The van der Waals surface area contributed by atoms with Crippen molar-refractivity contribution in [2.45, 2.75) is 19.0 Å². The van der Waals surface area contributed by atoms with E-state index in [-0.39, 0.29) is 12.3 Å². The normalized spacial score (nSPS) is 12.5. The lowest BCUT2D eigenvalue weighted by Crippen LogP contribution is -2.29. The molecule has 0 atom stereocenters. The van der Waals surface area contributed by atoms with Crippen LogP contribution in [0.2, 0.25) is 0 Å². The molecule has 0 fully saturated rings. The van der Waals surface area contributed by atoms with Crippen LogP contribution in [0.4, 0.5) is 18.9 Å². The number of aryl methyl sites for hydroxylation is 1. The van der Waals surface area contributed by atoms with Crippen molar-refractivity contribution >= 4 is 15.7 Å². The Kier molecular flexibility index (Phi) is 3.68. The molecule has 2 N–H and O–H groups in total. The molecule has 1 aromatic rings.